The van der Waals surface area contributed by atoms with Crippen LogP contribution in [0, 0.1) is 0 Å². The lowest BCUT2D eigenvalue weighted by Crippen LogP contribution is -2.33. The summed E-state index contributed by atoms with van der Waals surface area (Å²) in [6, 6.07) is 29.1. The monoisotopic (exact) mass is 469 g/mol. The minimum atomic E-state index is -0.458. The predicted molar refractivity (Wildman–Crippen MR) is 144 cm³/mol. The van der Waals surface area contributed by atoms with Gasteiger partial charge in [0.05, 0.1) is 0 Å². The smallest absolute Gasteiger partial charge is 0.407 e. The maximum Gasteiger partial charge on any atom is 0.407 e. The molecule has 184 valence electrons. The highest BCUT2D eigenvalue weighted by Crippen LogP contribution is 2.44. The molecule has 0 saturated heterocycles. The fraction of sp³-hybridized carbons (Fsp3) is 0.406. The van der Waals surface area contributed by atoms with Gasteiger partial charge in [0.15, 0.2) is 0 Å². The van der Waals surface area contributed by atoms with E-state index in [2.05, 4.69) is 84.2 Å². The highest BCUT2D eigenvalue weighted by molar-refractivity contribution is 5.67. The van der Waals surface area contributed by atoms with Gasteiger partial charge in [-0.15, -0.1) is 0 Å². The summed E-state index contributed by atoms with van der Waals surface area (Å²) in [4.78, 5) is 11.9. The molecule has 1 aliphatic rings. The van der Waals surface area contributed by atoms with Crippen molar-refractivity contribution < 1.29 is 9.53 Å². The molecule has 0 fully saturated rings. The van der Waals surface area contributed by atoms with Crippen LogP contribution in [0.3, 0.4) is 0 Å². The highest BCUT2D eigenvalue weighted by atomic mass is 16.6. The van der Waals surface area contributed by atoms with Crippen LogP contribution in [0.1, 0.15) is 67.9 Å². The van der Waals surface area contributed by atoms with E-state index in [1.54, 1.807) is 0 Å². The fourth-order valence-corrected chi connectivity index (χ4v) is 5.36. The van der Waals surface area contributed by atoms with Crippen molar-refractivity contribution in [3.63, 3.8) is 0 Å². The molecule has 0 aromatic heterocycles. The van der Waals surface area contributed by atoms with Crippen LogP contribution < -0.4 is 5.32 Å². The number of carbonyl (C=O) groups excluding carboxylic acids is 1. The molecule has 4 rings (SSSR count). The third-order valence-electron chi connectivity index (χ3n) is 6.95. The van der Waals surface area contributed by atoms with Crippen LogP contribution in [0.4, 0.5) is 4.79 Å². The van der Waals surface area contributed by atoms with Crippen LogP contribution >= 0.6 is 0 Å². The van der Waals surface area contributed by atoms with Gasteiger partial charge in [-0.25, -0.2) is 4.79 Å². The maximum atomic E-state index is 11.9. The molecule has 0 saturated carbocycles. The van der Waals surface area contributed by atoms with Crippen LogP contribution in [0.2, 0.25) is 0 Å². The number of fused-ring (bicyclic) bond motifs is 1. The molecule has 0 unspecified atom stereocenters. The molecule has 1 N–H and O–H groups in total. The Morgan fingerprint density at radius 1 is 0.857 bits per heavy atom. The van der Waals surface area contributed by atoms with E-state index in [9.17, 15) is 4.79 Å². The van der Waals surface area contributed by atoms with Gasteiger partial charge < -0.3 is 10.1 Å². The number of benzene rings is 3. The normalized spacial score (nSPS) is 14.4. The number of hydrogen-bond acceptors (Lipinski definition) is 2. The SMILES string of the molecule is CC(C)(C)OC(=O)NCCCCc1ccc2c(c1)C(Cc1ccccc1)(Cc1ccccc1)CC2. The summed E-state index contributed by atoms with van der Waals surface area (Å²) < 4.78 is 5.32. The zero-order valence-electron chi connectivity index (χ0n) is 21.5. The topological polar surface area (TPSA) is 38.3 Å². The van der Waals surface area contributed by atoms with Crippen LogP contribution in [0.25, 0.3) is 0 Å². The Balaban J connectivity index is 1.45. The van der Waals surface area contributed by atoms with E-state index >= 15 is 0 Å². The van der Waals surface area contributed by atoms with E-state index in [0.717, 1.165) is 38.5 Å². The molecule has 3 aromatic carbocycles. The van der Waals surface area contributed by atoms with Gasteiger partial charge in [-0.05, 0) is 93.5 Å². The van der Waals surface area contributed by atoms with Crippen molar-refractivity contribution in [1.29, 1.82) is 0 Å². The quantitative estimate of drug-likeness (QED) is 0.336. The number of carbonyl (C=O) groups is 1. The average molecular weight is 470 g/mol. The third-order valence-corrected chi connectivity index (χ3v) is 6.95. The second-order valence-electron chi connectivity index (χ2n) is 11.0. The molecule has 0 spiro atoms. The first-order valence-corrected chi connectivity index (χ1v) is 13.0. The first kappa shape index (κ1) is 25.0. The van der Waals surface area contributed by atoms with Gasteiger partial charge in [-0.3, -0.25) is 0 Å². The van der Waals surface area contributed by atoms with Gasteiger partial charge in [0, 0.05) is 12.0 Å². The maximum absolute atomic E-state index is 11.9. The van der Waals surface area contributed by atoms with Gasteiger partial charge in [0.25, 0.3) is 0 Å². The molecule has 35 heavy (non-hydrogen) atoms. The largest absolute Gasteiger partial charge is 0.444 e. The Hall–Kier alpha value is -3.07. The molecule has 0 aliphatic heterocycles. The van der Waals surface area contributed by atoms with Gasteiger partial charge in [-0.1, -0.05) is 78.9 Å². The minimum Gasteiger partial charge on any atom is -0.444 e. The Morgan fingerprint density at radius 3 is 2.09 bits per heavy atom. The number of unbranched alkanes of at least 4 members (excludes halogenated alkanes) is 1. The Morgan fingerprint density at radius 2 is 1.49 bits per heavy atom. The molecular formula is C32H39NO2. The molecule has 0 radical (unpaired) electrons. The van der Waals surface area contributed by atoms with E-state index in [1.165, 1.54) is 34.2 Å². The van der Waals surface area contributed by atoms with E-state index in [-0.39, 0.29) is 11.5 Å². The number of nitrogens with one attached hydrogen (secondary N) is 1. The number of hydrogen-bond donors (Lipinski definition) is 1. The van der Waals surface area contributed by atoms with Crippen molar-refractivity contribution in [3.8, 4) is 0 Å². The fourth-order valence-electron chi connectivity index (χ4n) is 5.36. The van der Waals surface area contributed by atoms with Crippen LogP contribution in [-0.4, -0.2) is 18.2 Å². The van der Waals surface area contributed by atoms with Crippen molar-refractivity contribution >= 4 is 6.09 Å². The Kier molecular flexibility index (Phi) is 7.95. The summed E-state index contributed by atoms with van der Waals surface area (Å²) in [5.41, 5.74) is 6.94. The van der Waals surface area contributed by atoms with Crippen molar-refractivity contribution in [1.82, 2.24) is 5.32 Å². The summed E-state index contributed by atoms with van der Waals surface area (Å²) in [5.74, 6) is 0. The van der Waals surface area contributed by atoms with Gasteiger partial charge in [0.1, 0.15) is 5.60 Å². The van der Waals surface area contributed by atoms with Gasteiger partial charge in [-0.2, -0.15) is 0 Å². The number of aryl methyl sites for hydroxylation is 2. The second-order valence-corrected chi connectivity index (χ2v) is 11.0. The lowest BCUT2D eigenvalue weighted by Gasteiger charge is -2.32. The number of rotatable bonds is 9. The summed E-state index contributed by atoms with van der Waals surface area (Å²) in [6.45, 7) is 6.30. The zero-order valence-corrected chi connectivity index (χ0v) is 21.5. The van der Waals surface area contributed by atoms with Gasteiger partial charge in [0.2, 0.25) is 0 Å². The summed E-state index contributed by atoms with van der Waals surface area (Å²) in [5, 5.41) is 2.87. The highest BCUT2D eigenvalue weighted by Gasteiger charge is 2.39. The standard InChI is InChI=1S/C32H39NO2/c1-31(2,3)35-30(34)33-21-11-10-12-25-17-18-28-19-20-32(29(28)22-25,23-26-13-6-4-7-14-26)24-27-15-8-5-9-16-27/h4-9,13-18,22H,10-12,19-21,23-24H2,1-3H3,(H,33,34). The van der Waals surface area contributed by atoms with Crippen LogP contribution in [0.15, 0.2) is 78.9 Å². The van der Waals surface area contributed by atoms with Gasteiger partial charge >= 0.3 is 6.09 Å². The molecule has 0 bridgehead atoms. The van der Waals surface area contributed by atoms with Crippen molar-refractivity contribution in [3.05, 3.63) is 107 Å². The lowest BCUT2D eigenvalue weighted by atomic mass is 9.72. The van der Waals surface area contributed by atoms with E-state index in [0.29, 0.717) is 6.54 Å². The average Bonchev–Trinajstić information content (AvgIpc) is 3.16. The van der Waals surface area contributed by atoms with Crippen LogP contribution in [0.5, 0.6) is 0 Å². The second kappa shape index (κ2) is 11.1. The molecule has 0 atom stereocenters. The van der Waals surface area contributed by atoms with Crippen molar-refractivity contribution in [2.24, 2.45) is 0 Å². The molecular weight excluding hydrogens is 430 g/mol. The number of ether oxygens (including phenoxy) is 1. The van der Waals surface area contributed by atoms with Crippen molar-refractivity contribution in [2.75, 3.05) is 6.54 Å². The first-order valence-electron chi connectivity index (χ1n) is 13.0. The van der Waals surface area contributed by atoms with E-state index in [4.69, 9.17) is 4.74 Å². The van der Waals surface area contributed by atoms with Crippen molar-refractivity contribution in [2.45, 2.75) is 76.7 Å². The predicted octanol–water partition coefficient (Wildman–Crippen LogP) is 7.20. The minimum absolute atomic E-state index is 0.131. The molecule has 3 nitrogen and oxygen atoms in total. The lowest BCUT2D eigenvalue weighted by molar-refractivity contribution is 0.0527. The molecule has 1 amide bonds. The molecule has 3 heteroatoms. The van der Waals surface area contributed by atoms with E-state index in [1.807, 2.05) is 20.8 Å². The Labute approximate surface area is 210 Å². The zero-order chi connectivity index (χ0) is 24.7. The molecule has 3 aromatic rings. The van der Waals surface area contributed by atoms with E-state index < -0.39 is 5.60 Å². The third kappa shape index (κ3) is 6.97. The summed E-state index contributed by atoms with van der Waals surface area (Å²) in [7, 11) is 0. The number of amides is 1. The first-order chi connectivity index (χ1) is 16.8. The summed E-state index contributed by atoms with van der Waals surface area (Å²) in [6.07, 6.45) is 7.15. The number of alkyl carbamates (subject to hydrolysis) is 1. The Bertz CT molecular complexity index is 1060. The molecule has 1 aliphatic carbocycles. The summed E-state index contributed by atoms with van der Waals surface area (Å²) >= 11 is 0. The van der Waals surface area contributed by atoms with Crippen LogP contribution in [-0.2, 0) is 35.8 Å². The molecule has 0 heterocycles.